The number of rotatable bonds is 8. The first kappa shape index (κ1) is 23.0. The highest BCUT2D eigenvalue weighted by molar-refractivity contribution is 6.30. The smallest absolute Gasteiger partial charge is 0.254 e. The molecule has 6 heteroatoms. The van der Waals surface area contributed by atoms with Gasteiger partial charge in [0.05, 0.1) is 14.2 Å². The summed E-state index contributed by atoms with van der Waals surface area (Å²) in [6.07, 6.45) is 8.62. The minimum absolute atomic E-state index is 0.0106. The van der Waals surface area contributed by atoms with E-state index in [0.717, 1.165) is 36.8 Å². The molecule has 3 rings (SSSR count). The molecule has 1 fully saturated rings. The van der Waals surface area contributed by atoms with Crippen molar-refractivity contribution >= 4 is 17.5 Å². The Bertz CT molecular complexity index is 922. The van der Waals surface area contributed by atoms with Crippen LogP contribution in [0.1, 0.15) is 48.8 Å². The van der Waals surface area contributed by atoms with Crippen molar-refractivity contribution in [2.24, 2.45) is 0 Å². The number of methoxy groups -OCH3 is 2. The maximum atomic E-state index is 13.2. The lowest BCUT2D eigenvalue weighted by Crippen LogP contribution is -2.43. The summed E-state index contributed by atoms with van der Waals surface area (Å²) in [4.78, 5) is 13.2. The van der Waals surface area contributed by atoms with Crippen LogP contribution in [0.4, 0.5) is 0 Å². The van der Waals surface area contributed by atoms with Crippen LogP contribution in [0, 0.1) is 12.3 Å². The Morgan fingerprint density at radius 1 is 1.13 bits per heavy atom. The molecule has 0 saturated heterocycles. The zero-order chi connectivity index (χ0) is 22.2. The third-order valence-corrected chi connectivity index (χ3v) is 5.93. The van der Waals surface area contributed by atoms with Crippen molar-refractivity contribution in [3.8, 4) is 23.8 Å². The van der Waals surface area contributed by atoms with Crippen LogP contribution in [0.3, 0.4) is 0 Å². The fourth-order valence-electron chi connectivity index (χ4n) is 4.14. The minimum atomic E-state index is -0.790. The summed E-state index contributed by atoms with van der Waals surface area (Å²) in [6, 6.07) is 13.0. The van der Waals surface area contributed by atoms with Crippen LogP contribution in [0.25, 0.3) is 0 Å². The third-order valence-electron chi connectivity index (χ3n) is 5.67. The van der Waals surface area contributed by atoms with E-state index in [1.165, 1.54) is 0 Å². The molecule has 1 aliphatic carbocycles. The standard InChI is InChI=1S/C25H28ClNO4/c1-4-15-31-24(17-9-12-19(26)13-10-17)25(28)27-21-8-6-5-7-20(21)18-11-14-22(29-2)23(16-18)30-3/h1,9-14,16,20-21,24H,5-8,15H2,2-3H3,(H,27,28). The third kappa shape index (κ3) is 5.72. The molecule has 164 valence electrons. The highest BCUT2D eigenvalue weighted by atomic mass is 35.5. The summed E-state index contributed by atoms with van der Waals surface area (Å²) in [6.45, 7) is 0.0461. The zero-order valence-electron chi connectivity index (χ0n) is 17.9. The predicted molar refractivity (Wildman–Crippen MR) is 122 cm³/mol. The van der Waals surface area contributed by atoms with Gasteiger partial charge in [-0.1, -0.05) is 48.6 Å². The summed E-state index contributed by atoms with van der Waals surface area (Å²) >= 11 is 6.00. The number of halogens is 1. The number of carbonyl (C=O) groups excluding carboxylic acids is 1. The van der Waals surface area contributed by atoms with E-state index in [0.29, 0.717) is 16.5 Å². The summed E-state index contributed by atoms with van der Waals surface area (Å²) in [7, 11) is 3.25. The van der Waals surface area contributed by atoms with Gasteiger partial charge in [-0.25, -0.2) is 0 Å². The number of amides is 1. The van der Waals surface area contributed by atoms with E-state index in [1.807, 2.05) is 18.2 Å². The van der Waals surface area contributed by atoms with Gasteiger partial charge in [-0.05, 0) is 48.2 Å². The van der Waals surface area contributed by atoms with Gasteiger partial charge in [0.15, 0.2) is 17.6 Å². The van der Waals surface area contributed by atoms with Crippen LogP contribution < -0.4 is 14.8 Å². The summed E-state index contributed by atoms with van der Waals surface area (Å²) in [5.74, 6) is 3.79. The van der Waals surface area contributed by atoms with Crippen molar-refractivity contribution in [3.05, 3.63) is 58.6 Å². The van der Waals surface area contributed by atoms with Crippen molar-refractivity contribution < 1.29 is 19.0 Å². The Hall–Kier alpha value is -2.68. The highest BCUT2D eigenvalue weighted by Crippen LogP contribution is 2.38. The van der Waals surface area contributed by atoms with Crippen LogP contribution in [0.5, 0.6) is 11.5 Å². The Kier molecular flexibility index (Phi) is 8.22. The molecule has 2 aromatic carbocycles. The van der Waals surface area contributed by atoms with Crippen molar-refractivity contribution in [2.45, 2.75) is 43.7 Å². The van der Waals surface area contributed by atoms with Gasteiger partial charge < -0.3 is 19.5 Å². The number of hydrogen-bond donors (Lipinski definition) is 1. The van der Waals surface area contributed by atoms with Crippen LogP contribution in [-0.2, 0) is 9.53 Å². The predicted octanol–water partition coefficient (Wildman–Crippen LogP) is 4.89. The van der Waals surface area contributed by atoms with Gasteiger partial charge in [0.2, 0.25) is 0 Å². The number of carbonyl (C=O) groups is 1. The van der Waals surface area contributed by atoms with Crippen molar-refractivity contribution in [3.63, 3.8) is 0 Å². The summed E-state index contributed by atoms with van der Waals surface area (Å²) < 4.78 is 16.5. The van der Waals surface area contributed by atoms with Gasteiger partial charge in [0.1, 0.15) is 6.61 Å². The molecule has 1 N–H and O–H groups in total. The average Bonchev–Trinajstić information content (AvgIpc) is 2.80. The fraction of sp³-hybridized carbons (Fsp3) is 0.400. The van der Waals surface area contributed by atoms with Gasteiger partial charge in [0, 0.05) is 17.0 Å². The molecule has 0 spiro atoms. The molecule has 0 heterocycles. The first-order chi connectivity index (χ1) is 15.1. The first-order valence-electron chi connectivity index (χ1n) is 10.4. The van der Waals surface area contributed by atoms with Crippen LogP contribution >= 0.6 is 11.6 Å². The fourth-order valence-corrected chi connectivity index (χ4v) is 4.26. The molecule has 1 saturated carbocycles. The largest absolute Gasteiger partial charge is 0.493 e. The van der Waals surface area contributed by atoms with Crippen molar-refractivity contribution in [1.82, 2.24) is 5.32 Å². The van der Waals surface area contributed by atoms with Gasteiger partial charge in [0.25, 0.3) is 5.91 Å². The molecular weight excluding hydrogens is 414 g/mol. The first-order valence-corrected chi connectivity index (χ1v) is 10.8. The molecule has 1 amide bonds. The van der Waals surface area contributed by atoms with Crippen LogP contribution in [0.15, 0.2) is 42.5 Å². The molecule has 5 nitrogen and oxygen atoms in total. The van der Waals surface area contributed by atoms with Gasteiger partial charge >= 0.3 is 0 Å². The molecule has 1 aliphatic rings. The maximum Gasteiger partial charge on any atom is 0.254 e. The minimum Gasteiger partial charge on any atom is -0.493 e. The lowest BCUT2D eigenvalue weighted by atomic mass is 9.79. The molecule has 0 aliphatic heterocycles. The Morgan fingerprint density at radius 2 is 1.84 bits per heavy atom. The SMILES string of the molecule is C#CCOC(C(=O)NC1CCCCC1c1ccc(OC)c(OC)c1)c1ccc(Cl)cc1. The van der Waals surface area contributed by atoms with E-state index >= 15 is 0 Å². The van der Waals surface area contributed by atoms with Gasteiger partial charge in [-0.15, -0.1) is 6.42 Å². The maximum absolute atomic E-state index is 13.2. The topological polar surface area (TPSA) is 56.8 Å². The second-order valence-corrected chi connectivity index (χ2v) is 8.00. The zero-order valence-corrected chi connectivity index (χ0v) is 18.7. The van der Waals surface area contributed by atoms with E-state index < -0.39 is 6.10 Å². The molecule has 2 aromatic rings. The monoisotopic (exact) mass is 441 g/mol. The summed E-state index contributed by atoms with van der Waals surface area (Å²) in [5, 5.41) is 3.82. The normalized spacial score (nSPS) is 19.2. The lowest BCUT2D eigenvalue weighted by molar-refractivity contribution is -0.133. The second kappa shape index (κ2) is 11.1. The number of nitrogens with one attached hydrogen (secondary N) is 1. The quantitative estimate of drug-likeness (QED) is 0.592. The Labute approximate surface area is 189 Å². The molecular formula is C25H28ClNO4. The molecule has 3 unspecified atom stereocenters. The van der Waals surface area contributed by atoms with E-state index in [-0.39, 0.29) is 24.5 Å². The number of benzene rings is 2. The molecule has 31 heavy (non-hydrogen) atoms. The number of hydrogen-bond acceptors (Lipinski definition) is 4. The van der Waals surface area contributed by atoms with E-state index in [2.05, 4.69) is 11.2 Å². The Morgan fingerprint density at radius 3 is 2.52 bits per heavy atom. The average molecular weight is 442 g/mol. The van der Waals surface area contributed by atoms with E-state index in [1.54, 1.807) is 38.5 Å². The Balaban J connectivity index is 1.81. The van der Waals surface area contributed by atoms with E-state index in [9.17, 15) is 4.79 Å². The molecule has 0 aromatic heterocycles. The molecule has 3 atom stereocenters. The van der Waals surface area contributed by atoms with Crippen LogP contribution in [0.2, 0.25) is 5.02 Å². The summed E-state index contributed by atoms with van der Waals surface area (Å²) in [5.41, 5.74) is 1.84. The highest BCUT2D eigenvalue weighted by Gasteiger charge is 2.31. The lowest BCUT2D eigenvalue weighted by Gasteiger charge is -2.34. The van der Waals surface area contributed by atoms with Crippen molar-refractivity contribution in [1.29, 1.82) is 0 Å². The van der Waals surface area contributed by atoms with Crippen LogP contribution in [-0.4, -0.2) is 32.8 Å². The van der Waals surface area contributed by atoms with Gasteiger partial charge in [-0.3, -0.25) is 4.79 Å². The second-order valence-electron chi connectivity index (χ2n) is 7.57. The number of terminal acetylenes is 1. The van der Waals surface area contributed by atoms with E-state index in [4.69, 9.17) is 32.2 Å². The van der Waals surface area contributed by atoms with Crippen molar-refractivity contribution in [2.75, 3.05) is 20.8 Å². The molecule has 0 bridgehead atoms. The van der Waals surface area contributed by atoms with Gasteiger partial charge in [-0.2, -0.15) is 0 Å². The molecule has 0 radical (unpaired) electrons. The number of ether oxygens (including phenoxy) is 3.